The number of nitrogen functional groups attached to an aromatic ring is 1. The number of anilines is 1. The Balaban J connectivity index is 1.75. The van der Waals surface area contributed by atoms with Crippen LogP contribution in [0.5, 0.6) is 0 Å². The van der Waals surface area contributed by atoms with Gasteiger partial charge in [-0.3, -0.25) is 0 Å². The molecule has 0 aliphatic heterocycles. The van der Waals surface area contributed by atoms with E-state index in [1.54, 1.807) is 0 Å². The molecule has 1 fully saturated rings. The van der Waals surface area contributed by atoms with Crippen molar-refractivity contribution >= 4 is 5.69 Å². The van der Waals surface area contributed by atoms with Crippen molar-refractivity contribution in [3.63, 3.8) is 0 Å². The number of nitrogens with two attached hydrogens (primary N) is 1. The van der Waals surface area contributed by atoms with E-state index in [-0.39, 0.29) is 0 Å². The van der Waals surface area contributed by atoms with Crippen LogP contribution in [0, 0.1) is 5.92 Å². The minimum absolute atomic E-state index is 0.656. The highest BCUT2D eigenvalue weighted by Crippen LogP contribution is 2.25. The maximum absolute atomic E-state index is 5.83. The summed E-state index contributed by atoms with van der Waals surface area (Å²) in [6, 6.07) is 7.92. The fourth-order valence-corrected chi connectivity index (χ4v) is 2.18. The summed E-state index contributed by atoms with van der Waals surface area (Å²) in [5.41, 5.74) is 7.78. The lowest BCUT2D eigenvalue weighted by Crippen LogP contribution is -2.06. The molecule has 1 aromatic rings. The van der Waals surface area contributed by atoms with E-state index in [0.29, 0.717) is 6.61 Å². The van der Waals surface area contributed by atoms with E-state index >= 15 is 0 Å². The van der Waals surface area contributed by atoms with Gasteiger partial charge >= 0.3 is 0 Å². The van der Waals surface area contributed by atoms with Crippen molar-refractivity contribution in [3.8, 4) is 0 Å². The Labute approximate surface area is 91.4 Å². The molecule has 0 radical (unpaired) electrons. The third kappa shape index (κ3) is 2.96. The molecule has 0 aromatic heterocycles. The van der Waals surface area contributed by atoms with Crippen LogP contribution in [0.4, 0.5) is 5.69 Å². The highest BCUT2D eigenvalue weighted by Gasteiger charge is 2.14. The van der Waals surface area contributed by atoms with Crippen LogP contribution in [0.15, 0.2) is 24.3 Å². The first-order chi connectivity index (χ1) is 7.36. The maximum atomic E-state index is 5.83. The quantitative estimate of drug-likeness (QED) is 0.767. The fraction of sp³-hybridized carbons (Fsp3) is 0.538. The molecular formula is C13H19NO. The van der Waals surface area contributed by atoms with Gasteiger partial charge in [0, 0.05) is 17.9 Å². The minimum Gasteiger partial charge on any atom is -0.398 e. The maximum Gasteiger partial charge on any atom is 0.0736 e. The van der Waals surface area contributed by atoms with E-state index in [1.165, 1.54) is 25.7 Å². The molecule has 2 nitrogen and oxygen atoms in total. The van der Waals surface area contributed by atoms with Gasteiger partial charge in [0.05, 0.1) is 6.61 Å². The highest BCUT2D eigenvalue weighted by atomic mass is 16.5. The van der Waals surface area contributed by atoms with Crippen molar-refractivity contribution in [1.29, 1.82) is 0 Å². The van der Waals surface area contributed by atoms with Gasteiger partial charge in [0.2, 0.25) is 0 Å². The van der Waals surface area contributed by atoms with Crippen molar-refractivity contribution in [2.45, 2.75) is 32.3 Å². The third-order valence-electron chi connectivity index (χ3n) is 3.14. The molecule has 0 bridgehead atoms. The van der Waals surface area contributed by atoms with E-state index < -0.39 is 0 Å². The minimum atomic E-state index is 0.656. The number of para-hydroxylation sites is 1. The van der Waals surface area contributed by atoms with Crippen LogP contribution < -0.4 is 5.73 Å². The van der Waals surface area contributed by atoms with Gasteiger partial charge in [-0.05, 0) is 24.8 Å². The van der Waals surface area contributed by atoms with Gasteiger partial charge in [-0.15, -0.1) is 0 Å². The lowest BCUT2D eigenvalue weighted by Gasteiger charge is -2.10. The van der Waals surface area contributed by atoms with Crippen molar-refractivity contribution in [1.82, 2.24) is 0 Å². The summed E-state index contributed by atoms with van der Waals surface area (Å²) >= 11 is 0. The van der Waals surface area contributed by atoms with E-state index in [9.17, 15) is 0 Å². The van der Waals surface area contributed by atoms with Crippen molar-refractivity contribution in [3.05, 3.63) is 29.8 Å². The Morgan fingerprint density at radius 1 is 1.20 bits per heavy atom. The molecule has 1 aromatic carbocycles. The standard InChI is InChI=1S/C13H19NO/c14-13-8-4-3-7-12(13)10-15-9-11-5-1-2-6-11/h3-4,7-8,11H,1-2,5-6,9-10,14H2. The summed E-state index contributed by atoms with van der Waals surface area (Å²) in [6.45, 7) is 1.55. The fourth-order valence-electron chi connectivity index (χ4n) is 2.18. The second-order valence-electron chi connectivity index (χ2n) is 4.36. The molecule has 0 heterocycles. The summed E-state index contributed by atoms with van der Waals surface area (Å²) in [5.74, 6) is 0.787. The Morgan fingerprint density at radius 2 is 1.93 bits per heavy atom. The number of ether oxygens (including phenoxy) is 1. The van der Waals surface area contributed by atoms with Gasteiger partial charge in [-0.1, -0.05) is 31.0 Å². The Hall–Kier alpha value is -1.02. The van der Waals surface area contributed by atoms with Crippen molar-refractivity contribution in [2.24, 2.45) is 5.92 Å². The first kappa shape index (κ1) is 10.5. The van der Waals surface area contributed by atoms with Crippen LogP contribution in [-0.4, -0.2) is 6.61 Å². The van der Waals surface area contributed by atoms with E-state index in [4.69, 9.17) is 10.5 Å². The molecule has 2 N–H and O–H groups in total. The predicted octanol–water partition coefficient (Wildman–Crippen LogP) is 2.98. The molecule has 0 amide bonds. The molecule has 0 saturated heterocycles. The average molecular weight is 205 g/mol. The molecule has 1 aliphatic carbocycles. The SMILES string of the molecule is Nc1ccccc1COCC1CCCC1. The Morgan fingerprint density at radius 3 is 2.67 bits per heavy atom. The summed E-state index contributed by atoms with van der Waals surface area (Å²) in [6.07, 6.45) is 5.43. The second-order valence-corrected chi connectivity index (χ2v) is 4.36. The van der Waals surface area contributed by atoms with Crippen LogP contribution in [0.2, 0.25) is 0 Å². The summed E-state index contributed by atoms with van der Waals surface area (Å²) in [7, 11) is 0. The molecule has 2 rings (SSSR count). The summed E-state index contributed by atoms with van der Waals surface area (Å²) < 4.78 is 5.70. The smallest absolute Gasteiger partial charge is 0.0736 e. The molecule has 1 aliphatic rings. The van der Waals surface area contributed by atoms with E-state index in [0.717, 1.165) is 23.8 Å². The number of hydrogen-bond acceptors (Lipinski definition) is 2. The summed E-state index contributed by atoms with van der Waals surface area (Å²) in [5, 5.41) is 0. The second kappa shape index (κ2) is 5.17. The molecule has 0 spiro atoms. The molecule has 0 unspecified atom stereocenters. The lowest BCUT2D eigenvalue weighted by molar-refractivity contribution is 0.0892. The zero-order valence-electron chi connectivity index (χ0n) is 9.11. The zero-order valence-corrected chi connectivity index (χ0v) is 9.11. The molecule has 2 heteroatoms. The zero-order chi connectivity index (χ0) is 10.5. The Bertz CT molecular complexity index is 305. The molecule has 15 heavy (non-hydrogen) atoms. The normalized spacial score (nSPS) is 17.1. The van der Waals surface area contributed by atoms with Crippen LogP contribution in [0.3, 0.4) is 0 Å². The number of benzene rings is 1. The first-order valence-electron chi connectivity index (χ1n) is 5.77. The van der Waals surface area contributed by atoms with Crippen molar-refractivity contribution < 1.29 is 4.74 Å². The number of rotatable bonds is 4. The predicted molar refractivity (Wildman–Crippen MR) is 62.5 cm³/mol. The van der Waals surface area contributed by atoms with Gasteiger partial charge in [0.15, 0.2) is 0 Å². The molecule has 0 atom stereocenters. The van der Waals surface area contributed by atoms with E-state index in [1.807, 2.05) is 24.3 Å². The topological polar surface area (TPSA) is 35.2 Å². The first-order valence-corrected chi connectivity index (χ1v) is 5.77. The highest BCUT2D eigenvalue weighted by molar-refractivity contribution is 5.45. The molecular weight excluding hydrogens is 186 g/mol. The van der Waals surface area contributed by atoms with Crippen LogP contribution >= 0.6 is 0 Å². The van der Waals surface area contributed by atoms with Gasteiger partial charge < -0.3 is 10.5 Å². The van der Waals surface area contributed by atoms with Crippen molar-refractivity contribution in [2.75, 3.05) is 12.3 Å². The number of hydrogen-bond donors (Lipinski definition) is 1. The largest absolute Gasteiger partial charge is 0.398 e. The average Bonchev–Trinajstić information content (AvgIpc) is 2.74. The monoisotopic (exact) mass is 205 g/mol. The van der Waals surface area contributed by atoms with E-state index in [2.05, 4.69) is 0 Å². The van der Waals surface area contributed by atoms with Crippen LogP contribution in [-0.2, 0) is 11.3 Å². The third-order valence-corrected chi connectivity index (χ3v) is 3.14. The molecule has 82 valence electrons. The van der Waals surface area contributed by atoms with Crippen LogP contribution in [0.1, 0.15) is 31.2 Å². The van der Waals surface area contributed by atoms with Gasteiger partial charge in [-0.2, -0.15) is 0 Å². The van der Waals surface area contributed by atoms with Crippen LogP contribution in [0.25, 0.3) is 0 Å². The van der Waals surface area contributed by atoms with Gasteiger partial charge in [0.25, 0.3) is 0 Å². The van der Waals surface area contributed by atoms with Gasteiger partial charge in [0.1, 0.15) is 0 Å². The molecule has 1 saturated carbocycles. The Kier molecular flexibility index (Phi) is 3.62. The van der Waals surface area contributed by atoms with Gasteiger partial charge in [-0.25, -0.2) is 0 Å². The lowest BCUT2D eigenvalue weighted by atomic mass is 10.1. The summed E-state index contributed by atoms with van der Waals surface area (Å²) in [4.78, 5) is 0.